The van der Waals surface area contributed by atoms with Crippen molar-refractivity contribution >= 4 is 39.1 Å². The van der Waals surface area contributed by atoms with Crippen molar-refractivity contribution in [2.75, 3.05) is 11.4 Å². The van der Waals surface area contributed by atoms with Gasteiger partial charge in [-0.25, -0.2) is 18.5 Å². The third-order valence-corrected chi connectivity index (χ3v) is 5.43. The van der Waals surface area contributed by atoms with Crippen LogP contribution in [0.2, 0.25) is 5.02 Å². The van der Waals surface area contributed by atoms with Gasteiger partial charge in [0, 0.05) is 5.02 Å². The molecule has 27 heavy (non-hydrogen) atoms. The number of rotatable bonds is 6. The average Bonchev–Trinajstić information content (AvgIpc) is 2.88. The van der Waals surface area contributed by atoms with Gasteiger partial charge >= 0.3 is 0 Å². The van der Waals surface area contributed by atoms with Crippen molar-refractivity contribution in [3.63, 3.8) is 0 Å². The lowest BCUT2D eigenvalue weighted by Gasteiger charge is -2.15. The first-order valence-electron chi connectivity index (χ1n) is 8.23. The number of nitrogens with two attached hydrogens (primary N) is 1. The highest BCUT2D eigenvalue weighted by molar-refractivity contribution is 7.89. The normalized spacial score (nSPS) is 17.6. The molecule has 0 spiro atoms. The lowest BCUT2D eigenvalue weighted by atomic mass is 10.1. The molecule has 0 unspecified atom stereocenters. The lowest BCUT2D eigenvalue weighted by Crippen LogP contribution is -2.39. The third kappa shape index (κ3) is 4.54. The molecule has 2 amide bonds. The number of amides is 2. The third-order valence-electron chi connectivity index (χ3n) is 4.27. The first-order valence-corrected chi connectivity index (χ1v) is 10.2. The van der Waals surface area contributed by atoms with Gasteiger partial charge in [0.2, 0.25) is 15.9 Å². The number of sulfonamides is 1. The Kier molecular flexibility index (Phi) is 5.61. The van der Waals surface area contributed by atoms with Crippen molar-refractivity contribution in [1.82, 2.24) is 5.32 Å². The minimum Gasteiger partial charge on any atom is -0.305 e. The quantitative estimate of drug-likeness (QED) is 0.704. The average molecular weight is 408 g/mol. The Bertz CT molecular complexity index is 976. The van der Waals surface area contributed by atoms with E-state index in [0.29, 0.717) is 23.7 Å². The smallest absolute Gasteiger partial charge is 0.251 e. The number of carbonyl (C=O) groups excluding carboxylic acids is 2. The minimum absolute atomic E-state index is 0.0490. The van der Waals surface area contributed by atoms with E-state index in [1.54, 1.807) is 36.4 Å². The number of primary sulfonamides is 1. The summed E-state index contributed by atoms with van der Waals surface area (Å²) in [6.45, 7) is 0.460. The van der Waals surface area contributed by atoms with Crippen LogP contribution in [-0.2, 0) is 26.0 Å². The topological polar surface area (TPSA) is 110 Å². The maximum absolute atomic E-state index is 12.5. The van der Waals surface area contributed by atoms with Crippen molar-refractivity contribution in [2.45, 2.75) is 23.8 Å². The summed E-state index contributed by atoms with van der Waals surface area (Å²) in [7, 11) is -3.71. The Morgan fingerprint density at radius 1 is 1.15 bits per heavy atom. The summed E-state index contributed by atoms with van der Waals surface area (Å²) in [6.07, 6.45) is 0.649. The molecule has 142 valence electrons. The monoisotopic (exact) mass is 407 g/mol. The van der Waals surface area contributed by atoms with Crippen LogP contribution in [0.1, 0.15) is 12.0 Å². The van der Waals surface area contributed by atoms with Crippen LogP contribution in [0.15, 0.2) is 53.4 Å². The summed E-state index contributed by atoms with van der Waals surface area (Å²) in [5, 5.41) is 8.60. The van der Waals surface area contributed by atoms with Crippen LogP contribution >= 0.6 is 11.6 Å². The number of nitrogens with zero attached hydrogens (tertiary/aromatic N) is 1. The fraction of sp³-hybridized carbons (Fsp3) is 0.222. The van der Waals surface area contributed by atoms with E-state index in [1.807, 2.05) is 0 Å². The zero-order valence-electron chi connectivity index (χ0n) is 14.3. The number of carbonyl (C=O) groups is 2. The molecule has 1 aliphatic heterocycles. The molecule has 1 heterocycles. The van der Waals surface area contributed by atoms with Gasteiger partial charge in [0.05, 0.1) is 23.0 Å². The number of nitrogens with one attached hydrogen (secondary N) is 1. The number of halogens is 1. The van der Waals surface area contributed by atoms with Crippen LogP contribution in [-0.4, -0.2) is 32.8 Å². The van der Waals surface area contributed by atoms with Crippen LogP contribution in [0.3, 0.4) is 0 Å². The van der Waals surface area contributed by atoms with Crippen LogP contribution in [0, 0.1) is 0 Å². The number of anilines is 1. The van der Waals surface area contributed by atoms with E-state index in [0.717, 1.165) is 10.5 Å². The molecule has 9 heteroatoms. The largest absolute Gasteiger partial charge is 0.305 e. The van der Waals surface area contributed by atoms with Gasteiger partial charge in [-0.15, -0.1) is 0 Å². The zero-order valence-corrected chi connectivity index (χ0v) is 15.8. The van der Waals surface area contributed by atoms with Crippen molar-refractivity contribution in [3.8, 4) is 0 Å². The fourth-order valence-electron chi connectivity index (χ4n) is 2.91. The molecule has 2 aromatic carbocycles. The van der Waals surface area contributed by atoms with Crippen molar-refractivity contribution in [3.05, 3.63) is 59.1 Å². The molecule has 0 bridgehead atoms. The molecule has 1 aliphatic rings. The Labute approximate surface area is 162 Å². The maximum Gasteiger partial charge on any atom is 0.251 e. The molecule has 0 aromatic heterocycles. The van der Waals surface area contributed by atoms with E-state index in [-0.39, 0.29) is 23.1 Å². The second kappa shape index (κ2) is 7.77. The van der Waals surface area contributed by atoms with Crippen LogP contribution in [0.25, 0.3) is 0 Å². The molecule has 0 saturated carbocycles. The maximum atomic E-state index is 12.5. The van der Waals surface area contributed by atoms with Gasteiger partial charge in [0.1, 0.15) is 0 Å². The predicted octanol–water partition coefficient (Wildman–Crippen LogP) is 1.45. The minimum atomic E-state index is -3.71. The predicted molar refractivity (Wildman–Crippen MR) is 102 cm³/mol. The van der Waals surface area contributed by atoms with E-state index >= 15 is 0 Å². The Balaban J connectivity index is 1.59. The first-order chi connectivity index (χ1) is 12.8. The highest BCUT2D eigenvalue weighted by atomic mass is 35.5. The summed E-state index contributed by atoms with van der Waals surface area (Å²) in [5.74, 6) is -0.593. The van der Waals surface area contributed by atoms with Gasteiger partial charge < -0.3 is 5.32 Å². The molecular formula is C18H18ClN3O4S. The van der Waals surface area contributed by atoms with Gasteiger partial charge in [0.15, 0.2) is 0 Å². The van der Waals surface area contributed by atoms with E-state index in [9.17, 15) is 18.0 Å². The van der Waals surface area contributed by atoms with Gasteiger partial charge in [-0.2, -0.15) is 0 Å². The SMILES string of the molecule is NS(=O)(=O)c1ccc(CCN[C@@H]2CC(=O)N(c3cccc(Cl)c3)C2=O)cc1. The molecule has 3 rings (SSSR count). The lowest BCUT2D eigenvalue weighted by molar-refractivity contribution is -0.121. The van der Waals surface area contributed by atoms with Gasteiger partial charge in [0.25, 0.3) is 5.91 Å². The molecule has 1 saturated heterocycles. The number of hydrogen-bond donors (Lipinski definition) is 2. The van der Waals surface area contributed by atoms with Crippen LogP contribution < -0.4 is 15.4 Å². The Morgan fingerprint density at radius 2 is 1.85 bits per heavy atom. The highest BCUT2D eigenvalue weighted by Crippen LogP contribution is 2.25. The van der Waals surface area contributed by atoms with E-state index in [2.05, 4.69) is 5.32 Å². The number of imide groups is 1. The standard InChI is InChI=1S/C18H18ClN3O4S/c19-13-2-1-3-14(10-13)22-17(23)11-16(18(22)24)21-9-8-12-4-6-15(7-5-12)27(20,25)26/h1-7,10,16,21H,8-9,11H2,(H2,20,25,26)/t16-/m1/s1. The molecule has 7 nitrogen and oxygen atoms in total. The van der Waals surface area contributed by atoms with Crippen LogP contribution in [0.5, 0.6) is 0 Å². The Morgan fingerprint density at radius 3 is 2.48 bits per heavy atom. The van der Waals surface area contributed by atoms with Crippen molar-refractivity contribution < 1.29 is 18.0 Å². The zero-order chi connectivity index (χ0) is 19.6. The van der Waals surface area contributed by atoms with Gasteiger partial charge in [-0.3, -0.25) is 9.59 Å². The van der Waals surface area contributed by atoms with E-state index < -0.39 is 16.1 Å². The molecule has 0 aliphatic carbocycles. The number of benzene rings is 2. The fourth-order valence-corrected chi connectivity index (χ4v) is 3.61. The number of hydrogen-bond acceptors (Lipinski definition) is 5. The van der Waals surface area contributed by atoms with Crippen molar-refractivity contribution in [1.29, 1.82) is 0 Å². The molecule has 3 N–H and O–H groups in total. The van der Waals surface area contributed by atoms with Gasteiger partial charge in [-0.05, 0) is 48.9 Å². The van der Waals surface area contributed by atoms with E-state index in [1.165, 1.54) is 12.1 Å². The second-order valence-corrected chi connectivity index (χ2v) is 8.19. The Hall–Kier alpha value is -2.26. The molecule has 1 atom stereocenters. The van der Waals surface area contributed by atoms with Crippen LogP contribution in [0.4, 0.5) is 5.69 Å². The summed E-state index contributed by atoms with van der Waals surface area (Å²) in [4.78, 5) is 26.0. The van der Waals surface area contributed by atoms with E-state index in [4.69, 9.17) is 16.7 Å². The summed E-state index contributed by atoms with van der Waals surface area (Å²) >= 11 is 5.94. The van der Waals surface area contributed by atoms with Crippen molar-refractivity contribution in [2.24, 2.45) is 5.14 Å². The molecule has 1 fully saturated rings. The molecular weight excluding hydrogens is 390 g/mol. The molecule has 2 aromatic rings. The highest BCUT2D eigenvalue weighted by Gasteiger charge is 2.39. The summed E-state index contributed by atoms with van der Waals surface area (Å²) in [6, 6.07) is 12.2. The summed E-state index contributed by atoms with van der Waals surface area (Å²) in [5.41, 5.74) is 1.35. The first kappa shape index (κ1) is 19.5. The second-order valence-electron chi connectivity index (χ2n) is 6.20. The van der Waals surface area contributed by atoms with Gasteiger partial charge in [-0.1, -0.05) is 29.8 Å². The molecule has 0 radical (unpaired) electrons. The summed E-state index contributed by atoms with van der Waals surface area (Å²) < 4.78 is 22.5.